The van der Waals surface area contributed by atoms with Gasteiger partial charge in [-0.15, -0.1) is 0 Å². The van der Waals surface area contributed by atoms with Crippen LogP contribution >= 0.6 is 11.6 Å². The number of rotatable bonds is 6. The van der Waals surface area contributed by atoms with E-state index in [1.807, 2.05) is 0 Å². The fourth-order valence-electron chi connectivity index (χ4n) is 1.60. The van der Waals surface area contributed by atoms with Crippen LogP contribution in [0.15, 0.2) is 12.3 Å². The zero-order valence-corrected chi connectivity index (χ0v) is 10.9. The van der Waals surface area contributed by atoms with Crippen molar-refractivity contribution in [1.82, 2.24) is 9.47 Å². The van der Waals surface area contributed by atoms with Crippen LogP contribution in [0, 0.1) is 0 Å². The zero-order chi connectivity index (χ0) is 14.6. The van der Waals surface area contributed by atoms with Gasteiger partial charge in [0.1, 0.15) is 18.8 Å². The topological polar surface area (TPSA) is 99.8 Å². The fourth-order valence-corrected chi connectivity index (χ4v) is 1.82. The molecule has 0 aliphatic rings. The van der Waals surface area contributed by atoms with Crippen LogP contribution in [-0.4, -0.2) is 50.6 Å². The Hall–Kier alpha value is -2.02. The van der Waals surface area contributed by atoms with Gasteiger partial charge in [-0.3, -0.25) is 14.4 Å². The van der Waals surface area contributed by atoms with E-state index < -0.39 is 30.9 Å². The van der Waals surface area contributed by atoms with Gasteiger partial charge >= 0.3 is 11.9 Å². The van der Waals surface area contributed by atoms with Crippen molar-refractivity contribution < 1.29 is 24.6 Å². The van der Waals surface area contributed by atoms with Gasteiger partial charge in [0.25, 0.3) is 5.91 Å². The van der Waals surface area contributed by atoms with E-state index in [0.29, 0.717) is 11.6 Å². The molecule has 7 nitrogen and oxygen atoms in total. The third-order valence-electron chi connectivity index (χ3n) is 2.36. The molecule has 0 unspecified atom stereocenters. The number of carboxylic acids is 2. The van der Waals surface area contributed by atoms with Gasteiger partial charge in [-0.05, 0) is 13.0 Å². The molecule has 1 aromatic heterocycles. The van der Waals surface area contributed by atoms with E-state index in [-0.39, 0.29) is 5.69 Å². The quantitative estimate of drug-likeness (QED) is 0.805. The molecule has 0 saturated heterocycles. The average molecular weight is 289 g/mol. The normalized spacial score (nSPS) is 10.2. The summed E-state index contributed by atoms with van der Waals surface area (Å²) in [6.45, 7) is 0.878. The molecule has 1 heterocycles. The molecule has 0 radical (unpaired) electrons. The molecular formula is C11H13ClN2O5. The first-order valence-electron chi connectivity index (χ1n) is 5.43. The van der Waals surface area contributed by atoms with Crippen LogP contribution in [0.3, 0.4) is 0 Å². The Morgan fingerprint density at radius 3 is 2.21 bits per heavy atom. The predicted molar refractivity (Wildman–Crippen MR) is 66.3 cm³/mol. The van der Waals surface area contributed by atoms with E-state index in [9.17, 15) is 14.4 Å². The van der Waals surface area contributed by atoms with Gasteiger partial charge in [-0.2, -0.15) is 0 Å². The zero-order valence-electron chi connectivity index (χ0n) is 10.2. The van der Waals surface area contributed by atoms with Crippen LogP contribution in [0.4, 0.5) is 0 Å². The van der Waals surface area contributed by atoms with Crippen molar-refractivity contribution in [1.29, 1.82) is 0 Å². The standard InChI is InChI=1S/C11H13ClN2O5/c1-2-13-4-7(12)3-8(13)11(19)14(5-9(15)16)6-10(17)18/h3-4H,2,5-6H2,1H3,(H,15,16)(H,17,18). The maximum Gasteiger partial charge on any atom is 0.323 e. The summed E-state index contributed by atoms with van der Waals surface area (Å²) in [5.41, 5.74) is 0.162. The molecule has 0 aliphatic heterocycles. The Labute approximate surface area is 114 Å². The van der Waals surface area contributed by atoms with Crippen molar-refractivity contribution in [3.8, 4) is 0 Å². The Morgan fingerprint density at radius 1 is 1.26 bits per heavy atom. The first kappa shape index (κ1) is 15.0. The van der Waals surface area contributed by atoms with Gasteiger partial charge in [0.2, 0.25) is 0 Å². The number of halogens is 1. The lowest BCUT2D eigenvalue weighted by Crippen LogP contribution is -2.40. The van der Waals surface area contributed by atoms with Gasteiger partial charge in [0, 0.05) is 12.7 Å². The number of carboxylic acid groups (broad SMARTS) is 2. The maximum atomic E-state index is 12.1. The van der Waals surface area contributed by atoms with Crippen molar-refractivity contribution in [2.45, 2.75) is 13.5 Å². The highest BCUT2D eigenvalue weighted by molar-refractivity contribution is 6.31. The minimum absolute atomic E-state index is 0.162. The molecule has 1 rings (SSSR count). The lowest BCUT2D eigenvalue weighted by Gasteiger charge is -2.19. The second-order valence-corrected chi connectivity index (χ2v) is 4.21. The van der Waals surface area contributed by atoms with Crippen molar-refractivity contribution in [2.75, 3.05) is 13.1 Å². The highest BCUT2D eigenvalue weighted by atomic mass is 35.5. The molecule has 0 fully saturated rings. The lowest BCUT2D eigenvalue weighted by atomic mass is 10.3. The van der Waals surface area contributed by atoms with Gasteiger partial charge in [-0.1, -0.05) is 11.6 Å². The number of aliphatic carboxylic acids is 2. The van der Waals surface area contributed by atoms with Crippen LogP contribution < -0.4 is 0 Å². The highest BCUT2D eigenvalue weighted by Crippen LogP contribution is 2.16. The number of amides is 1. The highest BCUT2D eigenvalue weighted by Gasteiger charge is 2.23. The SMILES string of the molecule is CCn1cc(Cl)cc1C(=O)N(CC(=O)O)CC(=O)O. The van der Waals surface area contributed by atoms with Gasteiger partial charge in [-0.25, -0.2) is 0 Å². The predicted octanol–water partition coefficient (Wildman–Crippen LogP) is 0.773. The minimum Gasteiger partial charge on any atom is -0.480 e. The summed E-state index contributed by atoms with van der Waals surface area (Å²) in [6.07, 6.45) is 1.52. The monoisotopic (exact) mass is 288 g/mol. The lowest BCUT2D eigenvalue weighted by molar-refractivity contribution is -0.140. The molecule has 1 amide bonds. The van der Waals surface area contributed by atoms with E-state index in [1.165, 1.54) is 16.8 Å². The maximum absolute atomic E-state index is 12.1. The average Bonchev–Trinajstić information content (AvgIpc) is 2.67. The van der Waals surface area contributed by atoms with Crippen LogP contribution in [0.25, 0.3) is 0 Å². The van der Waals surface area contributed by atoms with Crippen molar-refractivity contribution in [3.63, 3.8) is 0 Å². The summed E-state index contributed by atoms with van der Waals surface area (Å²) in [5, 5.41) is 17.7. The summed E-state index contributed by atoms with van der Waals surface area (Å²) in [5.74, 6) is -3.25. The first-order chi connectivity index (χ1) is 8.85. The molecule has 2 N–H and O–H groups in total. The number of nitrogens with zero attached hydrogens (tertiary/aromatic N) is 2. The van der Waals surface area contributed by atoms with E-state index >= 15 is 0 Å². The molecule has 0 bridgehead atoms. The van der Waals surface area contributed by atoms with Crippen LogP contribution in [0.1, 0.15) is 17.4 Å². The molecular weight excluding hydrogens is 276 g/mol. The van der Waals surface area contributed by atoms with E-state index in [2.05, 4.69) is 0 Å². The molecule has 1 aromatic rings. The summed E-state index contributed by atoms with van der Waals surface area (Å²) in [4.78, 5) is 34.2. The second-order valence-electron chi connectivity index (χ2n) is 3.78. The Bertz CT molecular complexity index is 495. The smallest absolute Gasteiger partial charge is 0.323 e. The van der Waals surface area contributed by atoms with Crippen LogP contribution in [-0.2, 0) is 16.1 Å². The van der Waals surface area contributed by atoms with E-state index in [1.54, 1.807) is 6.92 Å². The summed E-state index contributed by atoms with van der Waals surface area (Å²) < 4.78 is 1.53. The van der Waals surface area contributed by atoms with E-state index in [0.717, 1.165) is 4.90 Å². The number of hydrogen-bond donors (Lipinski definition) is 2. The van der Waals surface area contributed by atoms with Gasteiger partial charge < -0.3 is 19.7 Å². The molecule has 0 aliphatic carbocycles. The molecule has 8 heteroatoms. The van der Waals surface area contributed by atoms with E-state index in [4.69, 9.17) is 21.8 Å². The fraction of sp³-hybridized carbons (Fsp3) is 0.364. The second kappa shape index (κ2) is 6.24. The number of carbonyl (C=O) groups excluding carboxylic acids is 1. The number of aryl methyl sites for hydroxylation is 1. The molecule has 0 spiro atoms. The molecule has 104 valence electrons. The van der Waals surface area contributed by atoms with Gasteiger partial charge in [0.05, 0.1) is 5.02 Å². The molecule has 0 atom stereocenters. The number of aromatic nitrogens is 1. The minimum atomic E-state index is -1.28. The summed E-state index contributed by atoms with van der Waals surface area (Å²) in [7, 11) is 0. The Morgan fingerprint density at radius 2 is 1.79 bits per heavy atom. The molecule has 0 saturated carbocycles. The largest absolute Gasteiger partial charge is 0.480 e. The third kappa shape index (κ3) is 3.99. The number of hydrogen-bond acceptors (Lipinski definition) is 3. The molecule has 19 heavy (non-hydrogen) atoms. The van der Waals surface area contributed by atoms with Crippen molar-refractivity contribution in [2.24, 2.45) is 0 Å². The first-order valence-corrected chi connectivity index (χ1v) is 5.81. The van der Waals surface area contributed by atoms with Crippen molar-refractivity contribution >= 4 is 29.4 Å². The van der Waals surface area contributed by atoms with Crippen LogP contribution in [0.5, 0.6) is 0 Å². The Kier molecular flexibility index (Phi) is 4.94. The van der Waals surface area contributed by atoms with Crippen molar-refractivity contribution in [3.05, 3.63) is 23.0 Å². The third-order valence-corrected chi connectivity index (χ3v) is 2.57. The summed E-state index contributed by atoms with van der Waals surface area (Å²) in [6, 6.07) is 1.38. The van der Waals surface area contributed by atoms with Crippen LogP contribution in [0.2, 0.25) is 5.02 Å². The molecule has 0 aromatic carbocycles. The van der Waals surface area contributed by atoms with Gasteiger partial charge in [0.15, 0.2) is 0 Å². The summed E-state index contributed by atoms with van der Waals surface area (Å²) >= 11 is 5.78. The number of carbonyl (C=O) groups is 3. The Balaban J connectivity index is 3.03.